The Morgan fingerprint density at radius 1 is 1.33 bits per heavy atom. The lowest BCUT2D eigenvalue weighted by Gasteiger charge is -2.46. The number of aryl methyl sites for hydroxylation is 1. The monoisotopic (exact) mass is 479 g/mol. The van der Waals surface area contributed by atoms with Gasteiger partial charge in [-0.05, 0) is 62.7 Å². The number of carbonyl (C=O) groups excluding carboxylic acids is 1. The quantitative estimate of drug-likeness (QED) is 0.704. The second-order valence-electron chi connectivity index (χ2n) is 8.04. The van der Waals surface area contributed by atoms with Crippen LogP contribution in [0.15, 0.2) is 35.4 Å². The smallest absolute Gasteiger partial charge is 0.273 e. The molecule has 0 saturated heterocycles. The Labute approximate surface area is 193 Å². The van der Waals surface area contributed by atoms with Gasteiger partial charge in [-0.15, -0.1) is 0 Å². The van der Waals surface area contributed by atoms with E-state index in [-0.39, 0.29) is 23.8 Å². The summed E-state index contributed by atoms with van der Waals surface area (Å²) in [6.45, 7) is 3.72. The van der Waals surface area contributed by atoms with Crippen LogP contribution >= 0.6 is 11.8 Å². The molecule has 0 fully saturated rings. The first-order chi connectivity index (χ1) is 15.7. The third-order valence-electron chi connectivity index (χ3n) is 5.95. The molecule has 0 unspecified atom stereocenters. The number of hydrogen-bond acceptors (Lipinski definition) is 6. The van der Waals surface area contributed by atoms with E-state index in [1.54, 1.807) is 13.8 Å². The van der Waals surface area contributed by atoms with E-state index in [1.165, 1.54) is 24.3 Å². The van der Waals surface area contributed by atoms with E-state index in [9.17, 15) is 18.0 Å². The van der Waals surface area contributed by atoms with Gasteiger partial charge in [0.2, 0.25) is 0 Å². The molecule has 176 valence electrons. The number of carbonyl (C=O) groups is 1. The summed E-state index contributed by atoms with van der Waals surface area (Å²) in [5.74, 6) is -2.34. The normalized spacial score (nSPS) is 22.7. The molecule has 2 aromatic rings. The Morgan fingerprint density at radius 2 is 2.09 bits per heavy atom. The molecule has 4 rings (SSSR count). The minimum absolute atomic E-state index is 0.0904. The standard InChI is InChI=1S/C23H24F3N3O3S/c1-12-8-16(25)10-18-20(12)32-11-14(6-7-27)23(18)29(22(30)13(2)31-3)28-21(33-23)17-9-15(24)4-5-19(17)26/h4-5,8-10,13-14H,6-7,11,27H2,1-3H3/t13-,14-,23+/m0/s1. The zero-order valence-corrected chi connectivity index (χ0v) is 19.2. The van der Waals surface area contributed by atoms with Crippen LogP contribution in [0.4, 0.5) is 13.2 Å². The van der Waals surface area contributed by atoms with Crippen LogP contribution in [0.5, 0.6) is 5.75 Å². The van der Waals surface area contributed by atoms with Gasteiger partial charge >= 0.3 is 0 Å². The molecule has 2 N–H and O–H groups in total. The number of amides is 1. The second-order valence-corrected chi connectivity index (χ2v) is 9.25. The van der Waals surface area contributed by atoms with Crippen LogP contribution in [0, 0.1) is 30.3 Å². The van der Waals surface area contributed by atoms with Crippen molar-refractivity contribution in [3.63, 3.8) is 0 Å². The Morgan fingerprint density at radius 3 is 2.79 bits per heavy atom. The van der Waals surface area contributed by atoms with Gasteiger partial charge in [0, 0.05) is 24.2 Å². The van der Waals surface area contributed by atoms with E-state index in [4.69, 9.17) is 15.2 Å². The van der Waals surface area contributed by atoms with Crippen molar-refractivity contribution in [3.8, 4) is 5.75 Å². The SMILES string of the molecule is CO[C@@H](C)C(=O)N1N=C(c2cc(F)ccc2F)S[C@]12c1cc(F)cc(C)c1OC[C@@H]2CCN. The molecule has 2 aromatic carbocycles. The van der Waals surface area contributed by atoms with Crippen molar-refractivity contribution in [2.24, 2.45) is 16.8 Å². The Bertz CT molecular complexity index is 1130. The molecule has 33 heavy (non-hydrogen) atoms. The summed E-state index contributed by atoms with van der Waals surface area (Å²) in [6, 6.07) is 5.67. The summed E-state index contributed by atoms with van der Waals surface area (Å²) in [5.41, 5.74) is 6.72. The van der Waals surface area contributed by atoms with Crippen molar-refractivity contribution < 1.29 is 27.4 Å². The molecule has 10 heteroatoms. The molecule has 0 saturated carbocycles. The predicted octanol–water partition coefficient (Wildman–Crippen LogP) is 3.89. The molecule has 2 heterocycles. The highest BCUT2D eigenvalue weighted by Crippen LogP contribution is 2.58. The zero-order valence-electron chi connectivity index (χ0n) is 18.4. The van der Waals surface area contributed by atoms with Gasteiger partial charge in [0.1, 0.15) is 34.3 Å². The van der Waals surface area contributed by atoms with E-state index in [0.717, 1.165) is 30.0 Å². The van der Waals surface area contributed by atoms with E-state index in [0.29, 0.717) is 23.3 Å². The predicted molar refractivity (Wildman–Crippen MR) is 119 cm³/mol. The molecule has 3 atom stereocenters. The Hall–Kier alpha value is -2.56. The number of benzene rings is 2. The zero-order chi connectivity index (χ0) is 23.9. The maximum atomic E-state index is 14.7. The highest BCUT2D eigenvalue weighted by Gasteiger charge is 2.58. The molecule has 0 aliphatic carbocycles. The van der Waals surface area contributed by atoms with Crippen molar-refractivity contribution in [1.82, 2.24) is 5.01 Å². The summed E-state index contributed by atoms with van der Waals surface area (Å²) in [4.78, 5) is 12.2. The van der Waals surface area contributed by atoms with Crippen LogP contribution in [0.2, 0.25) is 0 Å². The van der Waals surface area contributed by atoms with Crippen molar-refractivity contribution in [2.45, 2.75) is 31.2 Å². The number of thioether (sulfide) groups is 1. The maximum absolute atomic E-state index is 14.7. The molecular formula is C23H24F3N3O3S. The summed E-state index contributed by atoms with van der Waals surface area (Å²) >= 11 is 1.07. The number of fused-ring (bicyclic) bond motifs is 2. The van der Waals surface area contributed by atoms with Gasteiger partial charge in [-0.3, -0.25) is 4.79 Å². The fraction of sp³-hybridized carbons (Fsp3) is 0.391. The van der Waals surface area contributed by atoms with Crippen molar-refractivity contribution in [3.05, 3.63) is 64.5 Å². The number of nitrogens with two attached hydrogens (primary N) is 1. The number of methoxy groups -OCH3 is 1. The molecular weight excluding hydrogens is 455 g/mol. The van der Waals surface area contributed by atoms with Gasteiger partial charge in [-0.2, -0.15) is 5.10 Å². The molecule has 0 aromatic heterocycles. The Balaban J connectivity index is 1.97. The summed E-state index contributed by atoms with van der Waals surface area (Å²) in [5, 5.41) is 5.77. The third-order valence-corrected chi connectivity index (χ3v) is 7.48. The van der Waals surface area contributed by atoms with Gasteiger partial charge in [0.25, 0.3) is 5.91 Å². The summed E-state index contributed by atoms with van der Waals surface area (Å²) < 4.78 is 54.5. The summed E-state index contributed by atoms with van der Waals surface area (Å²) in [7, 11) is 1.38. The summed E-state index contributed by atoms with van der Waals surface area (Å²) in [6.07, 6.45) is -0.468. The van der Waals surface area contributed by atoms with Crippen LogP contribution in [-0.2, 0) is 14.4 Å². The first-order valence-electron chi connectivity index (χ1n) is 10.5. The molecule has 2 aliphatic heterocycles. The molecule has 2 aliphatic rings. The molecule has 6 nitrogen and oxygen atoms in total. The first-order valence-corrected chi connectivity index (χ1v) is 11.3. The lowest BCUT2D eigenvalue weighted by atomic mass is 9.85. The van der Waals surface area contributed by atoms with Crippen LogP contribution < -0.4 is 10.5 Å². The van der Waals surface area contributed by atoms with Gasteiger partial charge < -0.3 is 15.2 Å². The fourth-order valence-electron chi connectivity index (χ4n) is 4.24. The number of ether oxygens (including phenoxy) is 2. The van der Waals surface area contributed by atoms with Crippen LogP contribution in [-0.4, -0.2) is 42.3 Å². The topological polar surface area (TPSA) is 77.1 Å². The highest BCUT2D eigenvalue weighted by atomic mass is 32.2. The lowest BCUT2D eigenvalue weighted by Crippen LogP contribution is -2.53. The van der Waals surface area contributed by atoms with Gasteiger partial charge in [0.15, 0.2) is 4.87 Å². The average molecular weight is 480 g/mol. The number of rotatable bonds is 5. The first kappa shape index (κ1) is 23.6. The number of hydrogen-bond donors (Lipinski definition) is 1. The van der Waals surface area contributed by atoms with E-state index in [1.807, 2.05) is 0 Å². The van der Waals surface area contributed by atoms with Gasteiger partial charge in [-0.1, -0.05) is 11.8 Å². The van der Waals surface area contributed by atoms with E-state index < -0.39 is 40.3 Å². The van der Waals surface area contributed by atoms with Crippen molar-refractivity contribution in [1.29, 1.82) is 0 Å². The van der Waals surface area contributed by atoms with Crippen LogP contribution in [0.3, 0.4) is 0 Å². The number of hydrazone groups is 1. The second kappa shape index (κ2) is 9.00. The third kappa shape index (κ3) is 3.89. The molecule has 0 radical (unpaired) electrons. The van der Waals surface area contributed by atoms with Crippen LogP contribution in [0.25, 0.3) is 0 Å². The number of nitrogens with zero attached hydrogens (tertiary/aromatic N) is 2. The average Bonchev–Trinajstić information content (AvgIpc) is 3.17. The highest BCUT2D eigenvalue weighted by molar-refractivity contribution is 8.15. The van der Waals surface area contributed by atoms with Crippen molar-refractivity contribution in [2.75, 3.05) is 20.3 Å². The maximum Gasteiger partial charge on any atom is 0.273 e. The lowest BCUT2D eigenvalue weighted by molar-refractivity contribution is -0.147. The largest absolute Gasteiger partial charge is 0.492 e. The van der Waals surface area contributed by atoms with Crippen molar-refractivity contribution >= 4 is 22.7 Å². The van der Waals surface area contributed by atoms with E-state index >= 15 is 0 Å². The number of halogens is 3. The molecule has 0 bridgehead atoms. The Kier molecular flexibility index (Phi) is 6.43. The van der Waals surface area contributed by atoms with Gasteiger partial charge in [0.05, 0.1) is 6.61 Å². The van der Waals surface area contributed by atoms with E-state index in [2.05, 4.69) is 5.10 Å². The van der Waals surface area contributed by atoms with Crippen LogP contribution in [0.1, 0.15) is 30.0 Å². The van der Waals surface area contributed by atoms with Gasteiger partial charge in [-0.25, -0.2) is 18.2 Å². The minimum Gasteiger partial charge on any atom is -0.492 e. The molecule has 1 spiro atoms. The fourth-order valence-corrected chi connectivity index (χ4v) is 5.76. The molecule has 1 amide bonds. The minimum atomic E-state index is -1.28.